The molecule has 1 aromatic rings. The van der Waals surface area contributed by atoms with Gasteiger partial charge in [-0.15, -0.1) is 6.58 Å². The summed E-state index contributed by atoms with van der Waals surface area (Å²) < 4.78 is 12.8. The predicted molar refractivity (Wildman–Crippen MR) is 89.7 cm³/mol. The van der Waals surface area contributed by atoms with Crippen molar-refractivity contribution < 1.29 is 9.47 Å². The third-order valence-electron chi connectivity index (χ3n) is 5.36. The van der Waals surface area contributed by atoms with Gasteiger partial charge in [0.15, 0.2) is 5.79 Å². The molecule has 1 spiro atoms. The Morgan fingerprint density at radius 1 is 1.18 bits per heavy atom. The summed E-state index contributed by atoms with van der Waals surface area (Å²) in [6, 6.07) is 10.7. The van der Waals surface area contributed by atoms with E-state index in [2.05, 4.69) is 43.8 Å². The molecular weight excluding hydrogens is 272 g/mol. The summed E-state index contributed by atoms with van der Waals surface area (Å²) in [6.07, 6.45) is 10.1. The average Bonchev–Trinajstić information content (AvgIpc) is 2.58. The van der Waals surface area contributed by atoms with Gasteiger partial charge in [-0.05, 0) is 31.2 Å². The van der Waals surface area contributed by atoms with Crippen molar-refractivity contribution in [3.63, 3.8) is 0 Å². The maximum absolute atomic E-state index is 6.55. The molecule has 2 aliphatic rings. The summed E-state index contributed by atoms with van der Waals surface area (Å²) in [5, 5.41) is 0. The van der Waals surface area contributed by atoms with Gasteiger partial charge in [-0.25, -0.2) is 0 Å². The highest BCUT2D eigenvalue weighted by molar-refractivity contribution is 5.15. The monoisotopic (exact) mass is 300 g/mol. The van der Waals surface area contributed by atoms with E-state index in [-0.39, 0.29) is 17.3 Å². The molecule has 2 atom stereocenters. The highest BCUT2D eigenvalue weighted by atomic mass is 16.7. The summed E-state index contributed by atoms with van der Waals surface area (Å²) >= 11 is 0. The van der Waals surface area contributed by atoms with Gasteiger partial charge < -0.3 is 9.47 Å². The molecular formula is C20H28O2. The van der Waals surface area contributed by atoms with Crippen LogP contribution in [0.25, 0.3) is 0 Å². The van der Waals surface area contributed by atoms with Crippen LogP contribution in [0, 0.1) is 5.41 Å². The van der Waals surface area contributed by atoms with Crippen molar-refractivity contribution in [2.24, 2.45) is 5.41 Å². The van der Waals surface area contributed by atoms with Gasteiger partial charge in [-0.3, -0.25) is 0 Å². The Morgan fingerprint density at radius 3 is 2.59 bits per heavy atom. The minimum Gasteiger partial charge on any atom is -0.349 e. The van der Waals surface area contributed by atoms with E-state index < -0.39 is 0 Å². The van der Waals surface area contributed by atoms with Crippen molar-refractivity contribution in [1.29, 1.82) is 0 Å². The van der Waals surface area contributed by atoms with Crippen molar-refractivity contribution in [2.45, 2.75) is 63.8 Å². The van der Waals surface area contributed by atoms with Crippen LogP contribution < -0.4 is 0 Å². The van der Waals surface area contributed by atoms with E-state index in [9.17, 15) is 0 Å². The molecule has 2 fully saturated rings. The molecule has 0 aromatic heterocycles. The normalized spacial score (nSPS) is 31.0. The Labute approximate surface area is 134 Å². The van der Waals surface area contributed by atoms with Crippen LogP contribution in [0.5, 0.6) is 0 Å². The van der Waals surface area contributed by atoms with E-state index in [1.165, 1.54) is 24.8 Å². The number of hydrogen-bond acceptors (Lipinski definition) is 2. The van der Waals surface area contributed by atoms with Crippen LogP contribution >= 0.6 is 0 Å². The molecule has 0 radical (unpaired) electrons. The molecule has 3 rings (SSSR count). The minimum atomic E-state index is -0.317. The Morgan fingerprint density at radius 2 is 1.91 bits per heavy atom. The molecule has 1 saturated carbocycles. The lowest BCUT2D eigenvalue weighted by Crippen LogP contribution is -2.54. The van der Waals surface area contributed by atoms with Gasteiger partial charge in [0, 0.05) is 18.3 Å². The second-order valence-electron chi connectivity index (χ2n) is 7.10. The molecule has 2 heteroatoms. The summed E-state index contributed by atoms with van der Waals surface area (Å²) in [5.74, 6) is -0.317. The maximum atomic E-state index is 6.55. The van der Waals surface area contributed by atoms with Gasteiger partial charge >= 0.3 is 0 Å². The van der Waals surface area contributed by atoms with Crippen molar-refractivity contribution >= 4 is 0 Å². The molecule has 0 N–H and O–H groups in total. The van der Waals surface area contributed by atoms with Crippen LogP contribution in [0.1, 0.15) is 51.0 Å². The first-order chi connectivity index (χ1) is 10.7. The summed E-state index contributed by atoms with van der Waals surface area (Å²) in [6.45, 7) is 6.98. The van der Waals surface area contributed by atoms with Crippen LogP contribution in [0.15, 0.2) is 43.0 Å². The zero-order chi connectivity index (χ0) is 15.5. The Kier molecular flexibility index (Phi) is 4.70. The van der Waals surface area contributed by atoms with Crippen molar-refractivity contribution in [3.8, 4) is 0 Å². The topological polar surface area (TPSA) is 18.5 Å². The second kappa shape index (κ2) is 6.55. The highest BCUT2D eigenvalue weighted by Crippen LogP contribution is 2.44. The highest BCUT2D eigenvalue weighted by Gasteiger charge is 2.47. The third kappa shape index (κ3) is 3.28. The smallest absolute Gasteiger partial charge is 0.168 e. The molecule has 1 heterocycles. The lowest BCUT2D eigenvalue weighted by atomic mass is 9.79. The molecule has 1 aliphatic heterocycles. The molecule has 0 amide bonds. The van der Waals surface area contributed by atoms with Crippen LogP contribution in [-0.4, -0.2) is 18.5 Å². The van der Waals surface area contributed by atoms with E-state index in [0.29, 0.717) is 0 Å². The van der Waals surface area contributed by atoms with Crippen molar-refractivity contribution in [3.05, 3.63) is 48.6 Å². The lowest BCUT2D eigenvalue weighted by molar-refractivity contribution is -0.334. The third-order valence-corrected chi connectivity index (χ3v) is 5.36. The molecule has 1 aliphatic carbocycles. The Balaban J connectivity index is 1.70. The van der Waals surface area contributed by atoms with Crippen LogP contribution in [0.4, 0.5) is 0 Å². The molecule has 1 saturated heterocycles. The minimum absolute atomic E-state index is 0.0858. The zero-order valence-electron chi connectivity index (χ0n) is 13.7. The Hall–Kier alpha value is -1.12. The summed E-state index contributed by atoms with van der Waals surface area (Å²) in [5.41, 5.74) is 1.29. The SMILES string of the molecule is C=C[C@@]1(C)COC2(CCCCC2)O[C@@H]1CCc1ccccc1. The molecule has 0 bridgehead atoms. The maximum Gasteiger partial charge on any atom is 0.168 e. The quantitative estimate of drug-likeness (QED) is 0.737. The van der Waals surface area contributed by atoms with Crippen molar-refractivity contribution in [2.75, 3.05) is 6.61 Å². The van der Waals surface area contributed by atoms with E-state index in [4.69, 9.17) is 9.47 Å². The Bertz CT molecular complexity index is 490. The first kappa shape index (κ1) is 15.8. The van der Waals surface area contributed by atoms with Crippen LogP contribution in [0.2, 0.25) is 0 Å². The predicted octanol–water partition coefficient (Wildman–Crippen LogP) is 4.89. The first-order valence-electron chi connectivity index (χ1n) is 8.65. The van der Waals surface area contributed by atoms with E-state index in [1.807, 2.05) is 6.08 Å². The van der Waals surface area contributed by atoms with Gasteiger partial charge in [0.2, 0.25) is 0 Å². The number of aryl methyl sites for hydroxylation is 1. The van der Waals surface area contributed by atoms with E-state index >= 15 is 0 Å². The number of rotatable bonds is 4. The fourth-order valence-corrected chi connectivity index (χ4v) is 3.68. The van der Waals surface area contributed by atoms with Gasteiger partial charge in [0.25, 0.3) is 0 Å². The largest absolute Gasteiger partial charge is 0.349 e. The summed E-state index contributed by atoms with van der Waals surface area (Å²) in [4.78, 5) is 0. The van der Waals surface area contributed by atoms with Crippen LogP contribution in [-0.2, 0) is 15.9 Å². The fraction of sp³-hybridized carbons (Fsp3) is 0.600. The number of hydrogen-bond donors (Lipinski definition) is 0. The van der Waals surface area contributed by atoms with E-state index in [0.717, 1.165) is 32.3 Å². The first-order valence-corrected chi connectivity index (χ1v) is 8.65. The van der Waals surface area contributed by atoms with E-state index in [1.54, 1.807) is 0 Å². The van der Waals surface area contributed by atoms with Gasteiger partial charge in [-0.2, -0.15) is 0 Å². The zero-order valence-corrected chi connectivity index (χ0v) is 13.7. The molecule has 1 aromatic carbocycles. The molecule has 120 valence electrons. The second-order valence-corrected chi connectivity index (χ2v) is 7.10. The van der Waals surface area contributed by atoms with Gasteiger partial charge in [0.05, 0.1) is 12.7 Å². The van der Waals surface area contributed by atoms with Crippen molar-refractivity contribution in [1.82, 2.24) is 0 Å². The van der Waals surface area contributed by atoms with Gasteiger partial charge in [0.1, 0.15) is 0 Å². The fourth-order valence-electron chi connectivity index (χ4n) is 3.68. The number of ether oxygens (including phenoxy) is 2. The summed E-state index contributed by atoms with van der Waals surface area (Å²) in [7, 11) is 0. The van der Waals surface area contributed by atoms with Crippen LogP contribution in [0.3, 0.4) is 0 Å². The molecule has 22 heavy (non-hydrogen) atoms. The molecule has 2 nitrogen and oxygen atoms in total. The lowest BCUT2D eigenvalue weighted by Gasteiger charge is -2.50. The average molecular weight is 300 g/mol. The molecule has 0 unspecified atom stereocenters. The van der Waals surface area contributed by atoms with Gasteiger partial charge in [-0.1, -0.05) is 49.8 Å². The standard InChI is InChI=1S/C20H28O2/c1-3-19(2)16-21-20(14-8-5-9-15-20)22-18(19)13-12-17-10-6-4-7-11-17/h3-4,6-7,10-11,18H,1,5,8-9,12-16H2,2H3/t18-,19+/m1/s1. The number of benzene rings is 1.